The molecule has 0 bridgehead atoms. The van der Waals surface area contributed by atoms with Crippen molar-refractivity contribution in [3.05, 3.63) is 35.1 Å². The number of benzene rings is 1. The Morgan fingerprint density at radius 2 is 2.23 bits per heavy atom. The first-order chi connectivity index (χ1) is 6.15. The van der Waals surface area contributed by atoms with Gasteiger partial charge < -0.3 is 5.11 Å². The van der Waals surface area contributed by atoms with Gasteiger partial charge in [0.25, 0.3) is 0 Å². The summed E-state index contributed by atoms with van der Waals surface area (Å²) in [7, 11) is 0. The standard InChI is InChI=1S/C10H11FO2/c1-2-3-7-4-5-9(11)8(6-7)10(12)13/h4-6H,2-3H2,1H3,(H,12,13). The van der Waals surface area contributed by atoms with Gasteiger partial charge in [-0.3, -0.25) is 0 Å². The van der Waals surface area contributed by atoms with Crippen molar-refractivity contribution in [1.29, 1.82) is 0 Å². The molecule has 0 fully saturated rings. The number of aromatic carboxylic acids is 1. The lowest BCUT2D eigenvalue weighted by atomic mass is 10.1. The SMILES string of the molecule is CCCc1ccc(F)c(C(=O)O)c1. The van der Waals surface area contributed by atoms with Crippen molar-refractivity contribution in [2.45, 2.75) is 19.8 Å². The third kappa shape index (κ3) is 2.28. The lowest BCUT2D eigenvalue weighted by molar-refractivity contribution is 0.0692. The summed E-state index contributed by atoms with van der Waals surface area (Å²) < 4.78 is 12.9. The van der Waals surface area contributed by atoms with Crippen LogP contribution in [-0.2, 0) is 6.42 Å². The summed E-state index contributed by atoms with van der Waals surface area (Å²) in [6.07, 6.45) is 1.70. The molecule has 3 heteroatoms. The highest BCUT2D eigenvalue weighted by atomic mass is 19.1. The Morgan fingerprint density at radius 1 is 1.54 bits per heavy atom. The van der Waals surface area contributed by atoms with Crippen LogP contribution in [-0.4, -0.2) is 11.1 Å². The van der Waals surface area contributed by atoms with E-state index in [4.69, 9.17) is 5.11 Å². The summed E-state index contributed by atoms with van der Waals surface area (Å²) in [4.78, 5) is 10.5. The van der Waals surface area contributed by atoms with Gasteiger partial charge in [-0.2, -0.15) is 0 Å². The van der Waals surface area contributed by atoms with E-state index in [2.05, 4.69) is 0 Å². The molecule has 0 aliphatic rings. The number of hydrogen-bond acceptors (Lipinski definition) is 1. The number of halogens is 1. The normalized spacial score (nSPS) is 10.0. The minimum Gasteiger partial charge on any atom is -0.478 e. The molecule has 70 valence electrons. The van der Waals surface area contributed by atoms with Crippen LogP contribution in [0.4, 0.5) is 4.39 Å². The Morgan fingerprint density at radius 3 is 2.77 bits per heavy atom. The molecule has 2 nitrogen and oxygen atoms in total. The lowest BCUT2D eigenvalue weighted by Crippen LogP contribution is -2.01. The molecule has 0 aliphatic carbocycles. The quantitative estimate of drug-likeness (QED) is 0.779. The fourth-order valence-corrected chi connectivity index (χ4v) is 1.18. The van der Waals surface area contributed by atoms with Crippen LogP contribution in [0.1, 0.15) is 29.3 Å². The van der Waals surface area contributed by atoms with Crippen LogP contribution in [0.5, 0.6) is 0 Å². The molecule has 0 heterocycles. The molecular weight excluding hydrogens is 171 g/mol. The fourth-order valence-electron chi connectivity index (χ4n) is 1.18. The zero-order valence-electron chi connectivity index (χ0n) is 7.38. The maximum Gasteiger partial charge on any atom is 0.338 e. The van der Waals surface area contributed by atoms with Crippen molar-refractivity contribution in [1.82, 2.24) is 0 Å². The molecular formula is C10H11FO2. The molecule has 1 N–H and O–H groups in total. The molecule has 0 amide bonds. The van der Waals surface area contributed by atoms with Crippen molar-refractivity contribution in [2.24, 2.45) is 0 Å². The van der Waals surface area contributed by atoms with Gasteiger partial charge in [0.1, 0.15) is 5.82 Å². The summed E-state index contributed by atoms with van der Waals surface area (Å²) in [6, 6.07) is 4.21. The van der Waals surface area contributed by atoms with Gasteiger partial charge in [0.2, 0.25) is 0 Å². The van der Waals surface area contributed by atoms with Gasteiger partial charge >= 0.3 is 5.97 Å². The summed E-state index contributed by atoms with van der Waals surface area (Å²) in [6.45, 7) is 1.99. The van der Waals surface area contributed by atoms with Gasteiger partial charge in [0.05, 0.1) is 5.56 Å². The molecule has 0 saturated heterocycles. The molecule has 0 radical (unpaired) electrons. The van der Waals surface area contributed by atoms with Crippen LogP contribution in [0, 0.1) is 5.82 Å². The van der Waals surface area contributed by atoms with Gasteiger partial charge in [-0.25, -0.2) is 9.18 Å². The number of hydrogen-bond donors (Lipinski definition) is 1. The van der Waals surface area contributed by atoms with E-state index in [-0.39, 0.29) is 5.56 Å². The van der Waals surface area contributed by atoms with Gasteiger partial charge in [-0.1, -0.05) is 19.4 Å². The predicted molar refractivity (Wildman–Crippen MR) is 47.4 cm³/mol. The van der Waals surface area contributed by atoms with Crippen LogP contribution in [0.25, 0.3) is 0 Å². The molecule has 1 aromatic carbocycles. The van der Waals surface area contributed by atoms with Crippen LogP contribution in [0.15, 0.2) is 18.2 Å². The van der Waals surface area contributed by atoms with E-state index in [1.165, 1.54) is 12.1 Å². The van der Waals surface area contributed by atoms with Crippen LogP contribution in [0.3, 0.4) is 0 Å². The second-order valence-corrected chi connectivity index (χ2v) is 2.87. The number of carboxylic acid groups (broad SMARTS) is 1. The molecule has 0 unspecified atom stereocenters. The number of carboxylic acids is 1. The Labute approximate surface area is 76.0 Å². The zero-order valence-corrected chi connectivity index (χ0v) is 7.38. The van der Waals surface area contributed by atoms with Gasteiger partial charge in [-0.05, 0) is 24.1 Å². The highest BCUT2D eigenvalue weighted by molar-refractivity contribution is 5.88. The fraction of sp³-hybridized carbons (Fsp3) is 0.300. The highest BCUT2D eigenvalue weighted by Gasteiger charge is 2.09. The topological polar surface area (TPSA) is 37.3 Å². The summed E-state index contributed by atoms with van der Waals surface area (Å²) in [5.41, 5.74) is 0.618. The molecule has 13 heavy (non-hydrogen) atoms. The average Bonchev–Trinajstić information content (AvgIpc) is 2.08. The van der Waals surface area contributed by atoms with E-state index in [0.717, 1.165) is 18.4 Å². The first kappa shape index (κ1) is 9.71. The van der Waals surface area contributed by atoms with E-state index >= 15 is 0 Å². The summed E-state index contributed by atoms with van der Waals surface area (Å²) in [5.74, 6) is -1.89. The Bertz CT molecular complexity index is 321. The third-order valence-corrected chi connectivity index (χ3v) is 1.80. The Hall–Kier alpha value is -1.38. The van der Waals surface area contributed by atoms with Crippen molar-refractivity contribution >= 4 is 5.97 Å². The number of carbonyl (C=O) groups is 1. The van der Waals surface area contributed by atoms with Crippen LogP contribution >= 0.6 is 0 Å². The minimum absolute atomic E-state index is 0.244. The van der Waals surface area contributed by atoms with Crippen molar-refractivity contribution in [3.63, 3.8) is 0 Å². The van der Waals surface area contributed by atoms with Gasteiger partial charge in [0, 0.05) is 0 Å². The van der Waals surface area contributed by atoms with Gasteiger partial charge in [-0.15, -0.1) is 0 Å². The second kappa shape index (κ2) is 4.03. The average molecular weight is 182 g/mol. The van der Waals surface area contributed by atoms with E-state index in [1.807, 2.05) is 6.92 Å². The molecule has 1 aromatic rings. The number of rotatable bonds is 3. The molecule has 0 spiro atoms. The van der Waals surface area contributed by atoms with Crippen molar-refractivity contribution in [3.8, 4) is 0 Å². The molecule has 1 rings (SSSR count). The van der Waals surface area contributed by atoms with E-state index in [0.29, 0.717) is 0 Å². The van der Waals surface area contributed by atoms with Crippen LogP contribution < -0.4 is 0 Å². The summed E-state index contributed by atoms with van der Waals surface area (Å²) >= 11 is 0. The summed E-state index contributed by atoms with van der Waals surface area (Å²) in [5, 5.41) is 8.62. The maximum absolute atomic E-state index is 12.9. The largest absolute Gasteiger partial charge is 0.478 e. The number of aryl methyl sites for hydroxylation is 1. The van der Waals surface area contributed by atoms with E-state index in [1.54, 1.807) is 6.07 Å². The maximum atomic E-state index is 12.9. The zero-order chi connectivity index (χ0) is 9.84. The molecule has 0 atom stereocenters. The highest BCUT2D eigenvalue weighted by Crippen LogP contribution is 2.11. The molecule has 0 saturated carbocycles. The minimum atomic E-state index is -1.21. The second-order valence-electron chi connectivity index (χ2n) is 2.87. The monoisotopic (exact) mass is 182 g/mol. The van der Waals surface area contributed by atoms with Gasteiger partial charge in [0.15, 0.2) is 0 Å². The van der Waals surface area contributed by atoms with Crippen molar-refractivity contribution < 1.29 is 14.3 Å². The van der Waals surface area contributed by atoms with Crippen molar-refractivity contribution in [2.75, 3.05) is 0 Å². The Kier molecular flexibility index (Phi) is 3.01. The Balaban J connectivity index is 3.04. The predicted octanol–water partition coefficient (Wildman–Crippen LogP) is 2.48. The molecule has 0 aliphatic heterocycles. The smallest absolute Gasteiger partial charge is 0.338 e. The van der Waals surface area contributed by atoms with Crippen LogP contribution in [0.2, 0.25) is 0 Å². The molecule has 0 aromatic heterocycles. The first-order valence-electron chi connectivity index (χ1n) is 4.17. The third-order valence-electron chi connectivity index (χ3n) is 1.80. The van der Waals surface area contributed by atoms with E-state index in [9.17, 15) is 9.18 Å². The first-order valence-corrected chi connectivity index (χ1v) is 4.17. The lowest BCUT2D eigenvalue weighted by Gasteiger charge is -2.01. The van der Waals surface area contributed by atoms with E-state index < -0.39 is 11.8 Å².